The number of guanidine groups is 1. The number of hydrogen-bond acceptors (Lipinski definition) is 4. The van der Waals surface area contributed by atoms with Gasteiger partial charge in [-0.15, -0.1) is 0 Å². The van der Waals surface area contributed by atoms with E-state index in [0.29, 0.717) is 17.9 Å². The second-order valence-corrected chi connectivity index (χ2v) is 8.36. The Bertz CT molecular complexity index is 587. The van der Waals surface area contributed by atoms with Gasteiger partial charge in [0.2, 0.25) is 0 Å². The van der Waals surface area contributed by atoms with Gasteiger partial charge in [-0.05, 0) is 18.3 Å². The maximum atomic E-state index is 5.98. The number of aliphatic imine (C=N–C) groups is 1. The van der Waals surface area contributed by atoms with Crippen molar-refractivity contribution < 1.29 is 4.74 Å². The Hall–Kier alpha value is -1.60. The van der Waals surface area contributed by atoms with E-state index in [1.54, 1.807) is 0 Å². The smallest absolute Gasteiger partial charge is 0.193 e. The summed E-state index contributed by atoms with van der Waals surface area (Å²) < 4.78 is 8.21. The summed E-state index contributed by atoms with van der Waals surface area (Å²) >= 11 is 0. The molecule has 0 amide bonds. The van der Waals surface area contributed by atoms with Crippen LogP contribution in [0.4, 0.5) is 0 Å². The molecule has 3 atom stereocenters. The molecule has 7 nitrogen and oxygen atoms in total. The lowest BCUT2D eigenvalue weighted by Crippen LogP contribution is -2.53. The summed E-state index contributed by atoms with van der Waals surface area (Å²) in [5, 5.41) is 3.56. The Labute approximate surface area is 163 Å². The van der Waals surface area contributed by atoms with Crippen LogP contribution >= 0.6 is 0 Å². The SMILES string of the molecule is CN=C(NCC1CN(CC(C)C)CCO1)N1CCC(C)C(n2ccnc2)C1. The monoisotopic (exact) mass is 376 g/mol. The minimum atomic E-state index is 0.224. The van der Waals surface area contributed by atoms with Gasteiger partial charge in [0, 0.05) is 58.7 Å². The highest BCUT2D eigenvalue weighted by atomic mass is 16.5. The Kier molecular flexibility index (Phi) is 7.13. The standard InChI is InChI=1S/C20H36N6O/c1-16(2)12-24-9-10-27-18(13-24)11-23-20(21-4)25-7-5-17(3)19(14-25)26-8-6-22-15-26/h6,8,15-19H,5,7,9-14H2,1-4H3,(H,21,23). The maximum Gasteiger partial charge on any atom is 0.193 e. The van der Waals surface area contributed by atoms with Crippen LogP contribution < -0.4 is 5.32 Å². The van der Waals surface area contributed by atoms with E-state index in [9.17, 15) is 0 Å². The molecule has 1 aromatic heterocycles. The molecule has 2 aliphatic heterocycles. The number of imidazole rings is 1. The molecule has 0 bridgehead atoms. The van der Waals surface area contributed by atoms with Gasteiger partial charge >= 0.3 is 0 Å². The lowest BCUT2D eigenvalue weighted by molar-refractivity contribution is -0.0287. The van der Waals surface area contributed by atoms with Gasteiger partial charge in [-0.3, -0.25) is 9.89 Å². The first-order valence-corrected chi connectivity index (χ1v) is 10.3. The van der Waals surface area contributed by atoms with E-state index in [4.69, 9.17) is 4.74 Å². The Balaban J connectivity index is 1.53. The lowest BCUT2D eigenvalue weighted by Gasteiger charge is -2.40. The van der Waals surface area contributed by atoms with E-state index in [1.807, 2.05) is 19.6 Å². The molecule has 27 heavy (non-hydrogen) atoms. The van der Waals surface area contributed by atoms with Gasteiger partial charge in [-0.25, -0.2) is 4.98 Å². The summed E-state index contributed by atoms with van der Waals surface area (Å²) in [6, 6.07) is 0.437. The van der Waals surface area contributed by atoms with E-state index in [-0.39, 0.29) is 6.10 Å². The summed E-state index contributed by atoms with van der Waals surface area (Å²) in [5.41, 5.74) is 0. The van der Waals surface area contributed by atoms with Crippen LogP contribution in [0.25, 0.3) is 0 Å². The molecule has 2 saturated heterocycles. The van der Waals surface area contributed by atoms with E-state index in [1.165, 1.54) is 0 Å². The topological polar surface area (TPSA) is 57.9 Å². The van der Waals surface area contributed by atoms with Crippen LogP contribution in [0.5, 0.6) is 0 Å². The number of piperidine rings is 1. The molecule has 7 heteroatoms. The van der Waals surface area contributed by atoms with Crippen LogP contribution in [0.1, 0.15) is 33.2 Å². The largest absolute Gasteiger partial charge is 0.374 e. The van der Waals surface area contributed by atoms with Gasteiger partial charge in [0.05, 0.1) is 25.1 Å². The first kappa shape index (κ1) is 20.1. The normalized spacial score (nSPS) is 28.0. The Morgan fingerprint density at radius 1 is 1.33 bits per heavy atom. The molecule has 0 aliphatic carbocycles. The van der Waals surface area contributed by atoms with Gasteiger partial charge in [0.25, 0.3) is 0 Å². The van der Waals surface area contributed by atoms with Gasteiger partial charge in [-0.1, -0.05) is 20.8 Å². The average Bonchev–Trinajstić information content (AvgIpc) is 3.17. The zero-order chi connectivity index (χ0) is 19.2. The summed E-state index contributed by atoms with van der Waals surface area (Å²) in [6.45, 7) is 13.7. The lowest BCUT2D eigenvalue weighted by atomic mass is 9.93. The van der Waals surface area contributed by atoms with Crippen molar-refractivity contribution >= 4 is 5.96 Å². The van der Waals surface area contributed by atoms with Gasteiger partial charge in [0.15, 0.2) is 5.96 Å². The van der Waals surface area contributed by atoms with Gasteiger partial charge in [-0.2, -0.15) is 0 Å². The van der Waals surface area contributed by atoms with Crippen LogP contribution in [-0.2, 0) is 4.74 Å². The molecule has 1 N–H and O–H groups in total. The molecule has 152 valence electrons. The Morgan fingerprint density at radius 3 is 2.89 bits per heavy atom. The summed E-state index contributed by atoms with van der Waals surface area (Å²) in [4.78, 5) is 13.7. The average molecular weight is 377 g/mol. The third-order valence-electron chi connectivity index (χ3n) is 5.67. The number of hydrogen-bond donors (Lipinski definition) is 1. The molecule has 3 heterocycles. The quantitative estimate of drug-likeness (QED) is 0.626. The van der Waals surface area contributed by atoms with Crippen molar-refractivity contribution in [1.29, 1.82) is 0 Å². The minimum absolute atomic E-state index is 0.224. The fourth-order valence-corrected chi connectivity index (χ4v) is 4.22. The van der Waals surface area contributed by atoms with E-state index in [2.05, 4.69) is 56.6 Å². The predicted molar refractivity (Wildman–Crippen MR) is 109 cm³/mol. The van der Waals surface area contributed by atoms with Crippen LogP contribution in [0.15, 0.2) is 23.7 Å². The van der Waals surface area contributed by atoms with E-state index >= 15 is 0 Å². The molecule has 0 radical (unpaired) electrons. The van der Waals surface area contributed by atoms with E-state index in [0.717, 1.165) is 58.3 Å². The zero-order valence-corrected chi connectivity index (χ0v) is 17.3. The van der Waals surface area contributed by atoms with Gasteiger partial charge < -0.3 is 19.5 Å². The van der Waals surface area contributed by atoms with Crippen LogP contribution in [-0.4, -0.2) is 84.3 Å². The maximum absolute atomic E-state index is 5.98. The second-order valence-electron chi connectivity index (χ2n) is 8.36. The van der Waals surface area contributed by atoms with E-state index < -0.39 is 0 Å². The first-order chi connectivity index (χ1) is 13.1. The summed E-state index contributed by atoms with van der Waals surface area (Å²) in [6.07, 6.45) is 7.25. The zero-order valence-electron chi connectivity index (χ0n) is 17.3. The fraction of sp³-hybridized carbons (Fsp3) is 0.800. The van der Waals surface area contributed by atoms with Crippen molar-refractivity contribution in [1.82, 2.24) is 24.7 Å². The molecular formula is C20H36N6O. The minimum Gasteiger partial charge on any atom is -0.374 e. The molecule has 3 unspecified atom stereocenters. The van der Waals surface area contributed by atoms with Crippen molar-refractivity contribution in [2.75, 3.05) is 52.9 Å². The molecular weight excluding hydrogens is 340 g/mol. The third-order valence-corrected chi connectivity index (χ3v) is 5.67. The van der Waals surface area contributed by atoms with Crippen LogP contribution in [0.3, 0.4) is 0 Å². The summed E-state index contributed by atoms with van der Waals surface area (Å²) in [7, 11) is 1.87. The van der Waals surface area contributed by atoms with Crippen LogP contribution in [0.2, 0.25) is 0 Å². The highest BCUT2D eigenvalue weighted by molar-refractivity contribution is 5.80. The number of morpholine rings is 1. The summed E-state index contributed by atoms with van der Waals surface area (Å²) in [5.74, 6) is 2.32. The first-order valence-electron chi connectivity index (χ1n) is 10.3. The highest BCUT2D eigenvalue weighted by Gasteiger charge is 2.29. The van der Waals surface area contributed by atoms with Crippen LogP contribution in [0, 0.1) is 11.8 Å². The molecule has 1 aromatic rings. The number of rotatable bonds is 5. The van der Waals surface area contributed by atoms with Crippen molar-refractivity contribution in [2.45, 2.75) is 39.3 Å². The van der Waals surface area contributed by atoms with Crippen molar-refractivity contribution in [3.8, 4) is 0 Å². The number of nitrogens with zero attached hydrogens (tertiary/aromatic N) is 5. The van der Waals surface area contributed by atoms with Crippen molar-refractivity contribution in [2.24, 2.45) is 16.8 Å². The number of likely N-dealkylation sites (tertiary alicyclic amines) is 1. The highest BCUT2D eigenvalue weighted by Crippen LogP contribution is 2.27. The second kappa shape index (κ2) is 9.55. The molecule has 0 aromatic carbocycles. The third kappa shape index (κ3) is 5.45. The van der Waals surface area contributed by atoms with Crippen molar-refractivity contribution in [3.63, 3.8) is 0 Å². The predicted octanol–water partition coefficient (Wildman–Crippen LogP) is 1.70. The Morgan fingerprint density at radius 2 is 2.19 bits per heavy atom. The fourth-order valence-electron chi connectivity index (χ4n) is 4.22. The molecule has 3 rings (SSSR count). The number of nitrogens with one attached hydrogen (secondary N) is 1. The molecule has 2 fully saturated rings. The number of ether oxygens (including phenoxy) is 1. The number of aromatic nitrogens is 2. The van der Waals surface area contributed by atoms with Crippen molar-refractivity contribution in [3.05, 3.63) is 18.7 Å². The molecule has 0 saturated carbocycles. The molecule has 0 spiro atoms. The molecule has 2 aliphatic rings. The van der Waals surface area contributed by atoms with Gasteiger partial charge in [0.1, 0.15) is 0 Å².